The van der Waals surface area contributed by atoms with Gasteiger partial charge in [-0.05, 0) is 86.0 Å². The molecule has 6 aromatic carbocycles. The summed E-state index contributed by atoms with van der Waals surface area (Å²) in [6, 6.07) is 44.9. The molecule has 0 fully saturated rings. The Hall–Kier alpha value is -5.41. The van der Waals surface area contributed by atoms with Gasteiger partial charge in [0.2, 0.25) is 0 Å². The maximum atomic E-state index is 13.0. The molecule has 2 aliphatic carbocycles. The maximum absolute atomic E-state index is 13.0. The molecule has 0 amide bonds. The van der Waals surface area contributed by atoms with Gasteiger partial charge in [-0.1, -0.05) is 97.1 Å². The fourth-order valence-electron chi connectivity index (χ4n) is 7.59. The highest BCUT2D eigenvalue weighted by Gasteiger charge is 2.51. The van der Waals surface area contributed by atoms with Crippen LogP contribution < -0.4 is 10.4 Å². The fourth-order valence-corrected chi connectivity index (χ4v) is 7.59. The topological polar surface area (TPSA) is 39.4 Å². The van der Waals surface area contributed by atoms with Crippen LogP contribution in [0.2, 0.25) is 0 Å². The first-order chi connectivity index (χ1) is 20.7. The number of rotatable bonds is 2. The summed E-state index contributed by atoms with van der Waals surface area (Å²) >= 11 is 0. The van der Waals surface area contributed by atoms with Gasteiger partial charge >= 0.3 is 5.63 Å². The van der Waals surface area contributed by atoms with Gasteiger partial charge in [-0.15, -0.1) is 0 Å². The van der Waals surface area contributed by atoms with Crippen molar-refractivity contribution in [1.82, 2.24) is 0 Å². The lowest BCUT2D eigenvalue weighted by atomic mass is 9.70. The van der Waals surface area contributed by atoms with Crippen LogP contribution in [0.15, 0.2) is 137 Å². The molecule has 42 heavy (non-hydrogen) atoms. The molecule has 3 heteroatoms. The molecule has 7 aromatic rings. The molecule has 1 spiro atoms. The summed E-state index contributed by atoms with van der Waals surface area (Å²) in [5, 5.41) is 2.28. The summed E-state index contributed by atoms with van der Waals surface area (Å²) in [6.07, 6.45) is 0. The summed E-state index contributed by atoms with van der Waals surface area (Å²) in [6.45, 7) is 0. The largest absolute Gasteiger partial charge is 0.497 e. The second kappa shape index (κ2) is 8.31. The number of methoxy groups -OCH3 is 1. The van der Waals surface area contributed by atoms with E-state index in [0.29, 0.717) is 16.7 Å². The van der Waals surface area contributed by atoms with E-state index in [2.05, 4.69) is 103 Å². The molecular weight excluding hydrogens is 516 g/mol. The third-order valence-electron chi connectivity index (χ3n) is 9.25. The first-order valence-corrected chi connectivity index (χ1v) is 14.2. The zero-order chi connectivity index (χ0) is 28.0. The number of hydrogen-bond acceptors (Lipinski definition) is 3. The Balaban J connectivity index is 1.34. The Morgan fingerprint density at radius 1 is 0.548 bits per heavy atom. The Morgan fingerprint density at radius 3 is 1.86 bits per heavy atom. The van der Waals surface area contributed by atoms with Crippen LogP contribution in [0.25, 0.3) is 55.1 Å². The van der Waals surface area contributed by atoms with Gasteiger partial charge < -0.3 is 9.15 Å². The zero-order valence-corrected chi connectivity index (χ0v) is 22.8. The van der Waals surface area contributed by atoms with E-state index >= 15 is 0 Å². The van der Waals surface area contributed by atoms with Crippen LogP contribution in [0.4, 0.5) is 0 Å². The molecule has 0 N–H and O–H groups in total. The minimum absolute atomic E-state index is 0.365. The molecule has 0 bridgehead atoms. The summed E-state index contributed by atoms with van der Waals surface area (Å²) in [5.41, 5.74) is 12.2. The minimum atomic E-state index is -0.395. The molecule has 0 radical (unpaired) electrons. The third kappa shape index (κ3) is 2.82. The van der Waals surface area contributed by atoms with Crippen molar-refractivity contribution in [3.63, 3.8) is 0 Å². The second-order valence-corrected chi connectivity index (χ2v) is 11.1. The SMILES string of the molecule is COc1ccc2c(c1)c(=O)oc1cc(-c3cccc4c3-c3ccccc3C43c4ccccc4-c4ccccc43)ccc12. The van der Waals surface area contributed by atoms with Crippen molar-refractivity contribution in [1.29, 1.82) is 0 Å². The normalized spacial score (nSPS) is 13.6. The second-order valence-electron chi connectivity index (χ2n) is 11.1. The molecule has 9 rings (SSSR count). The molecule has 1 aromatic heterocycles. The van der Waals surface area contributed by atoms with Crippen molar-refractivity contribution >= 4 is 21.7 Å². The standard InChI is InChI=1S/C39H24O3/c1-41-24-18-20-26-29-19-17-23(21-36(29)42-38(40)31(26)22-24)25-12-8-16-35-37(25)30-11-4-7-15-34(30)39(35)32-13-5-2-9-27(32)28-10-3-6-14-33(28)39/h2-22H,1H3. The van der Waals surface area contributed by atoms with Gasteiger partial charge in [0.1, 0.15) is 11.3 Å². The quantitative estimate of drug-likeness (QED) is 0.162. The molecule has 0 saturated carbocycles. The summed E-state index contributed by atoms with van der Waals surface area (Å²) in [4.78, 5) is 13.0. The molecule has 0 unspecified atom stereocenters. The van der Waals surface area contributed by atoms with Gasteiger partial charge in [0.05, 0.1) is 17.9 Å². The van der Waals surface area contributed by atoms with E-state index in [1.165, 1.54) is 44.5 Å². The van der Waals surface area contributed by atoms with Gasteiger partial charge in [0, 0.05) is 10.8 Å². The number of ether oxygens (including phenoxy) is 1. The molecule has 2 aliphatic rings. The number of fused-ring (bicyclic) bond motifs is 13. The van der Waals surface area contributed by atoms with Gasteiger partial charge in [0.15, 0.2) is 0 Å². The van der Waals surface area contributed by atoms with Crippen molar-refractivity contribution in [2.75, 3.05) is 7.11 Å². The van der Waals surface area contributed by atoms with Crippen molar-refractivity contribution in [2.24, 2.45) is 0 Å². The lowest BCUT2D eigenvalue weighted by Gasteiger charge is -2.30. The average molecular weight is 541 g/mol. The predicted molar refractivity (Wildman–Crippen MR) is 168 cm³/mol. The highest BCUT2D eigenvalue weighted by molar-refractivity contribution is 6.07. The smallest absolute Gasteiger partial charge is 0.344 e. The molecule has 0 saturated heterocycles. The van der Waals surface area contributed by atoms with E-state index in [4.69, 9.17) is 9.15 Å². The van der Waals surface area contributed by atoms with Crippen LogP contribution in [0.5, 0.6) is 5.75 Å². The molecule has 1 heterocycles. The summed E-state index contributed by atoms with van der Waals surface area (Å²) < 4.78 is 11.2. The molecule has 0 atom stereocenters. The first-order valence-electron chi connectivity index (χ1n) is 14.2. The lowest BCUT2D eigenvalue weighted by Crippen LogP contribution is -2.25. The minimum Gasteiger partial charge on any atom is -0.497 e. The van der Waals surface area contributed by atoms with Crippen molar-refractivity contribution < 1.29 is 9.15 Å². The Bertz CT molecular complexity index is 2280. The van der Waals surface area contributed by atoms with Crippen LogP contribution in [0.1, 0.15) is 22.3 Å². The zero-order valence-electron chi connectivity index (χ0n) is 22.8. The van der Waals surface area contributed by atoms with E-state index in [1.807, 2.05) is 18.2 Å². The van der Waals surface area contributed by atoms with Crippen LogP contribution >= 0.6 is 0 Å². The van der Waals surface area contributed by atoms with Gasteiger partial charge in [-0.25, -0.2) is 4.79 Å². The predicted octanol–water partition coefficient (Wildman–Crippen LogP) is 8.97. The highest BCUT2D eigenvalue weighted by atomic mass is 16.5. The van der Waals surface area contributed by atoms with Gasteiger partial charge in [0.25, 0.3) is 0 Å². The molecule has 198 valence electrons. The van der Waals surface area contributed by atoms with Crippen LogP contribution in [0.3, 0.4) is 0 Å². The Kier molecular flexibility index (Phi) is 4.61. The summed E-state index contributed by atoms with van der Waals surface area (Å²) in [7, 11) is 1.60. The highest BCUT2D eigenvalue weighted by Crippen LogP contribution is 2.63. The summed E-state index contributed by atoms with van der Waals surface area (Å²) in [5.74, 6) is 0.633. The van der Waals surface area contributed by atoms with Crippen LogP contribution in [0, 0.1) is 0 Å². The lowest BCUT2D eigenvalue weighted by molar-refractivity contribution is 0.415. The molecule has 0 aliphatic heterocycles. The van der Waals surface area contributed by atoms with E-state index < -0.39 is 5.41 Å². The first kappa shape index (κ1) is 23.3. The number of hydrogen-bond donors (Lipinski definition) is 0. The van der Waals surface area contributed by atoms with E-state index in [9.17, 15) is 4.79 Å². The van der Waals surface area contributed by atoms with Crippen LogP contribution in [-0.2, 0) is 5.41 Å². The Labute approximate surface area is 242 Å². The van der Waals surface area contributed by atoms with Crippen molar-refractivity contribution in [3.05, 3.63) is 160 Å². The Morgan fingerprint density at radius 2 is 1.14 bits per heavy atom. The van der Waals surface area contributed by atoms with Crippen molar-refractivity contribution in [3.8, 4) is 39.1 Å². The van der Waals surface area contributed by atoms with E-state index in [0.717, 1.165) is 21.9 Å². The average Bonchev–Trinajstić information content (AvgIpc) is 3.52. The van der Waals surface area contributed by atoms with E-state index in [-0.39, 0.29) is 5.63 Å². The molecular formula is C39H24O3. The fraction of sp³-hybridized carbons (Fsp3) is 0.0513. The monoisotopic (exact) mass is 540 g/mol. The van der Waals surface area contributed by atoms with E-state index in [1.54, 1.807) is 13.2 Å². The van der Waals surface area contributed by atoms with Gasteiger partial charge in [-0.2, -0.15) is 0 Å². The third-order valence-corrected chi connectivity index (χ3v) is 9.25. The van der Waals surface area contributed by atoms with Crippen LogP contribution in [-0.4, -0.2) is 7.11 Å². The maximum Gasteiger partial charge on any atom is 0.344 e. The number of benzene rings is 6. The van der Waals surface area contributed by atoms with Crippen molar-refractivity contribution in [2.45, 2.75) is 5.41 Å². The van der Waals surface area contributed by atoms with Gasteiger partial charge in [-0.3, -0.25) is 0 Å². The molecule has 3 nitrogen and oxygen atoms in total.